The summed E-state index contributed by atoms with van der Waals surface area (Å²) in [6, 6.07) is 65.5. The molecule has 0 fully saturated rings. The molecule has 0 saturated heterocycles. The molecule has 1 aliphatic heterocycles. The van der Waals surface area contributed by atoms with Crippen molar-refractivity contribution in [2.24, 2.45) is 0 Å². The van der Waals surface area contributed by atoms with Crippen LogP contribution < -0.4 is 10.2 Å². The molecule has 8 aromatic carbocycles. The molecule has 9 aromatic rings. The minimum absolute atomic E-state index is 1.08. The van der Waals surface area contributed by atoms with Gasteiger partial charge in [-0.25, -0.2) is 0 Å². The number of aromatic nitrogens is 1. The Morgan fingerprint density at radius 3 is 1.88 bits per heavy atom. The first-order chi connectivity index (χ1) is 24.8. The molecule has 236 valence electrons. The van der Waals surface area contributed by atoms with Crippen molar-refractivity contribution in [2.75, 3.05) is 10.2 Å². The van der Waals surface area contributed by atoms with Crippen molar-refractivity contribution >= 4 is 72.8 Å². The van der Waals surface area contributed by atoms with Crippen LogP contribution >= 0.6 is 11.8 Å². The lowest BCUT2D eigenvalue weighted by molar-refractivity contribution is 1.18. The highest BCUT2D eigenvalue weighted by Crippen LogP contribution is 2.51. The summed E-state index contributed by atoms with van der Waals surface area (Å²) in [6.07, 6.45) is 0. The van der Waals surface area contributed by atoms with Crippen LogP contribution in [0.5, 0.6) is 0 Å². The van der Waals surface area contributed by atoms with E-state index in [1.807, 2.05) is 11.8 Å². The fraction of sp³-hybridized carbons (Fsp3) is 0. The van der Waals surface area contributed by atoms with Crippen molar-refractivity contribution in [1.29, 1.82) is 0 Å². The number of nitrogens with zero attached hydrogens (tertiary/aromatic N) is 2. The van der Waals surface area contributed by atoms with E-state index in [0.717, 1.165) is 39.7 Å². The van der Waals surface area contributed by atoms with E-state index in [0.29, 0.717) is 0 Å². The second-order valence-electron chi connectivity index (χ2n) is 12.6. The third-order valence-electron chi connectivity index (χ3n) is 9.73. The highest BCUT2D eigenvalue weighted by atomic mass is 32.2. The predicted molar refractivity (Wildman–Crippen MR) is 212 cm³/mol. The number of fused-ring (bicyclic) bond motifs is 7. The van der Waals surface area contributed by atoms with Gasteiger partial charge in [0.1, 0.15) is 0 Å². The molecule has 3 nitrogen and oxygen atoms in total. The summed E-state index contributed by atoms with van der Waals surface area (Å²) in [6.45, 7) is 0. The second-order valence-corrected chi connectivity index (χ2v) is 13.7. The maximum absolute atomic E-state index is 3.96. The molecule has 4 heteroatoms. The number of benzene rings is 8. The van der Waals surface area contributed by atoms with Crippen LogP contribution in [0.25, 0.3) is 49.4 Å². The lowest BCUT2D eigenvalue weighted by Crippen LogP contribution is -2.10. The molecule has 10 rings (SSSR count). The van der Waals surface area contributed by atoms with Gasteiger partial charge in [-0.2, -0.15) is 0 Å². The minimum atomic E-state index is 1.08. The Bertz CT molecular complexity index is 2660. The van der Waals surface area contributed by atoms with E-state index in [-0.39, 0.29) is 0 Å². The Morgan fingerprint density at radius 1 is 0.460 bits per heavy atom. The van der Waals surface area contributed by atoms with Crippen LogP contribution in [0.4, 0.5) is 28.4 Å². The number of para-hydroxylation sites is 4. The molecule has 0 spiro atoms. The van der Waals surface area contributed by atoms with Crippen LogP contribution in [0.2, 0.25) is 0 Å². The zero-order valence-corrected chi connectivity index (χ0v) is 27.9. The Labute approximate surface area is 295 Å². The van der Waals surface area contributed by atoms with Gasteiger partial charge in [0, 0.05) is 60.0 Å². The molecular weight excluding hydrogens is 627 g/mol. The lowest BCUT2D eigenvalue weighted by Gasteiger charge is -2.27. The molecule has 50 heavy (non-hydrogen) atoms. The monoisotopic (exact) mass is 657 g/mol. The smallest absolute Gasteiger partial charge is 0.0554 e. The van der Waals surface area contributed by atoms with E-state index < -0.39 is 0 Å². The van der Waals surface area contributed by atoms with Crippen molar-refractivity contribution in [2.45, 2.75) is 9.79 Å². The van der Waals surface area contributed by atoms with E-state index >= 15 is 0 Å². The van der Waals surface area contributed by atoms with Gasteiger partial charge in [0.2, 0.25) is 0 Å². The van der Waals surface area contributed by atoms with E-state index in [2.05, 4.69) is 197 Å². The normalized spacial score (nSPS) is 12.1. The third-order valence-corrected chi connectivity index (χ3v) is 10.9. The second kappa shape index (κ2) is 11.7. The average molecular weight is 658 g/mol. The Morgan fingerprint density at radius 2 is 1.12 bits per heavy atom. The Hall–Kier alpha value is -6.23. The summed E-state index contributed by atoms with van der Waals surface area (Å²) in [5, 5.41) is 8.96. The largest absolute Gasteiger partial charge is 0.354 e. The first-order valence-corrected chi connectivity index (χ1v) is 17.8. The number of nitrogens with one attached hydrogen (secondary N) is 1. The first-order valence-electron chi connectivity index (χ1n) is 16.9. The van der Waals surface area contributed by atoms with Crippen molar-refractivity contribution in [3.63, 3.8) is 0 Å². The molecule has 0 radical (unpaired) electrons. The van der Waals surface area contributed by atoms with Gasteiger partial charge in [0.05, 0.1) is 16.7 Å². The summed E-state index contributed by atoms with van der Waals surface area (Å²) < 4.78 is 2.40. The van der Waals surface area contributed by atoms with Crippen LogP contribution in [0.1, 0.15) is 0 Å². The summed E-state index contributed by atoms with van der Waals surface area (Å²) in [4.78, 5) is 4.80. The van der Waals surface area contributed by atoms with Gasteiger partial charge < -0.3 is 14.8 Å². The van der Waals surface area contributed by atoms with Gasteiger partial charge in [-0.05, 0) is 89.8 Å². The predicted octanol–water partition coefficient (Wildman–Crippen LogP) is 13.3. The van der Waals surface area contributed by atoms with Crippen molar-refractivity contribution < 1.29 is 0 Å². The van der Waals surface area contributed by atoms with Gasteiger partial charge in [-0.1, -0.05) is 115 Å². The van der Waals surface area contributed by atoms with Crippen LogP contribution in [-0.2, 0) is 0 Å². The highest BCUT2D eigenvalue weighted by Gasteiger charge is 2.24. The fourth-order valence-corrected chi connectivity index (χ4v) is 8.81. The third kappa shape index (κ3) is 4.61. The Balaban J connectivity index is 1.25. The van der Waals surface area contributed by atoms with Crippen molar-refractivity contribution in [3.05, 3.63) is 182 Å². The van der Waals surface area contributed by atoms with E-state index in [9.17, 15) is 0 Å². The molecule has 1 aromatic heterocycles. The molecule has 0 amide bonds. The van der Waals surface area contributed by atoms with Crippen LogP contribution in [0.15, 0.2) is 192 Å². The standard InChI is InChI=1S/C46H31N3S/c1-4-16-32(17-5-1)48(33-18-6-2-7-19-33)35-26-27-39-38(30-35)36-23-12-14-31-15-13-25-43(44(31)36)50-46-40(47-39)28-29-42-45(46)37-22-10-11-24-41(37)49(42)34-20-8-3-9-21-34/h1-30,47H. The molecular formula is C46H31N3S. The maximum Gasteiger partial charge on any atom is 0.0554 e. The van der Waals surface area contributed by atoms with Gasteiger partial charge in [0.15, 0.2) is 0 Å². The average Bonchev–Trinajstić information content (AvgIpc) is 3.54. The molecule has 0 aliphatic carbocycles. The quantitative estimate of drug-likeness (QED) is 0.203. The molecule has 1 N–H and O–H groups in total. The van der Waals surface area contributed by atoms with Crippen molar-refractivity contribution in [1.82, 2.24) is 4.57 Å². The van der Waals surface area contributed by atoms with E-state index in [1.54, 1.807) is 0 Å². The summed E-state index contributed by atoms with van der Waals surface area (Å²) in [7, 11) is 0. The fourth-order valence-electron chi connectivity index (χ4n) is 7.56. The molecule has 0 atom stereocenters. The Kier molecular flexibility index (Phi) is 6.74. The minimum Gasteiger partial charge on any atom is -0.354 e. The van der Waals surface area contributed by atoms with Crippen LogP contribution in [-0.4, -0.2) is 4.57 Å². The number of hydrogen-bond donors (Lipinski definition) is 1. The number of anilines is 5. The van der Waals surface area contributed by atoms with Gasteiger partial charge in [0.25, 0.3) is 0 Å². The summed E-state index contributed by atoms with van der Waals surface area (Å²) >= 11 is 1.86. The zero-order valence-electron chi connectivity index (χ0n) is 27.1. The molecule has 0 bridgehead atoms. The molecule has 0 unspecified atom stereocenters. The van der Waals surface area contributed by atoms with Crippen LogP contribution in [0.3, 0.4) is 0 Å². The van der Waals surface area contributed by atoms with Crippen molar-refractivity contribution in [3.8, 4) is 16.8 Å². The molecule has 1 aliphatic rings. The molecule has 0 saturated carbocycles. The van der Waals surface area contributed by atoms with Gasteiger partial charge in [-0.15, -0.1) is 0 Å². The zero-order chi connectivity index (χ0) is 33.0. The van der Waals surface area contributed by atoms with E-state index in [1.165, 1.54) is 47.9 Å². The maximum atomic E-state index is 3.96. The number of rotatable bonds is 4. The van der Waals surface area contributed by atoms with Crippen LogP contribution in [0, 0.1) is 0 Å². The van der Waals surface area contributed by atoms with Gasteiger partial charge >= 0.3 is 0 Å². The van der Waals surface area contributed by atoms with Gasteiger partial charge in [-0.3, -0.25) is 0 Å². The topological polar surface area (TPSA) is 20.2 Å². The SMILES string of the molecule is c1ccc(N(c2ccccc2)c2ccc3c(c2)-c2cccc4cccc(c24)Sc2c(ccc4c2c2ccccc2n4-c2ccccc2)N3)cc1. The lowest BCUT2D eigenvalue weighted by atomic mass is 9.96. The first kappa shape index (κ1) is 28.8. The molecule has 2 heterocycles. The highest BCUT2D eigenvalue weighted by molar-refractivity contribution is 8.00. The summed E-state index contributed by atoms with van der Waals surface area (Å²) in [5.41, 5.74) is 11.4. The number of hydrogen-bond acceptors (Lipinski definition) is 3. The van der Waals surface area contributed by atoms with E-state index in [4.69, 9.17) is 0 Å². The summed E-state index contributed by atoms with van der Waals surface area (Å²) in [5.74, 6) is 0.